The molecule has 32 heavy (non-hydrogen) atoms. The van der Waals surface area contributed by atoms with Crippen molar-refractivity contribution in [1.82, 2.24) is 0 Å². The summed E-state index contributed by atoms with van der Waals surface area (Å²) in [6.07, 6.45) is -0.675. The first kappa shape index (κ1) is 19.7. The molecule has 5 aromatic rings. The molecule has 0 aliphatic rings. The molecule has 1 amide bonds. The zero-order valence-electron chi connectivity index (χ0n) is 17.4. The second-order valence-electron chi connectivity index (χ2n) is 7.45. The maximum absolute atomic E-state index is 12.6. The number of hydrogen-bond donors (Lipinski definition) is 1. The number of ether oxygens (including phenoxy) is 2. The number of rotatable bonds is 6. The molecule has 1 aromatic heterocycles. The van der Waals surface area contributed by atoms with Gasteiger partial charge in [0.05, 0.1) is 0 Å². The van der Waals surface area contributed by atoms with Gasteiger partial charge in [0.25, 0.3) is 5.91 Å². The zero-order chi connectivity index (χ0) is 21.9. The minimum absolute atomic E-state index is 0.237. The summed E-state index contributed by atoms with van der Waals surface area (Å²) in [5.74, 6) is 1.82. The molecule has 0 radical (unpaired) electrons. The van der Waals surface area contributed by atoms with Crippen molar-refractivity contribution >= 4 is 33.5 Å². The predicted molar refractivity (Wildman–Crippen MR) is 125 cm³/mol. The number of hydrogen-bond acceptors (Lipinski definition) is 4. The molecule has 1 N–H and O–H groups in total. The number of para-hydroxylation sites is 2. The number of anilines is 1. The van der Waals surface area contributed by atoms with Crippen LogP contribution in [0.4, 0.5) is 5.69 Å². The zero-order valence-corrected chi connectivity index (χ0v) is 17.4. The van der Waals surface area contributed by atoms with Gasteiger partial charge < -0.3 is 19.2 Å². The standard InChI is InChI=1S/C27H21NO4/c1-18(30-22-15-16-26-24(17-22)23-9-5-6-10-25(23)32-26)27(29)28-19-11-13-21(14-12-19)31-20-7-3-2-4-8-20/h2-18H,1H3,(H,28,29). The molecule has 0 bridgehead atoms. The molecular weight excluding hydrogens is 402 g/mol. The molecule has 1 atom stereocenters. The quantitative estimate of drug-likeness (QED) is 0.327. The highest BCUT2D eigenvalue weighted by atomic mass is 16.5. The highest BCUT2D eigenvalue weighted by Gasteiger charge is 2.16. The summed E-state index contributed by atoms with van der Waals surface area (Å²) < 4.78 is 17.5. The van der Waals surface area contributed by atoms with E-state index in [1.165, 1.54) is 0 Å². The van der Waals surface area contributed by atoms with Crippen molar-refractivity contribution < 1.29 is 18.7 Å². The second kappa shape index (κ2) is 8.47. The Balaban J connectivity index is 1.24. The lowest BCUT2D eigenvalue weighted by molar-refractivity contribution is -0.122. The molecule has 0 saturated heterocycles. The van der Waals surface area contributed by atoms with Crippen LogP contribution in [-0.4, -0.2) is 12.0 Å². The largest absolute Gasteiger partial charge is 0.481 e. The van der Waals surface area contributed by atoms with Gasteiger partial charge in [0.1, 0.15) is 28.4 Å². The van der Waals surface area contributed by atoms with Gasteiger partial charge in [-0.3, -0.25) is 4.79 Å². The Morgan fingerprint density at radius 2 is 1.41 bits per heavy atom. The lowest BCUT2D eigenvalue weighted by Gasteiger charge is -2.15. The van der Waals surface area contributed by atoms with Crippen molar-refractivity contribution in [1.29, 1.82) is 0 Å². The smallest absolute Gasteiger partial charge is 0.265 e. The molecule has 1 unspecified atom stereocenters. The van der Waals surface area contributed by atoms with Gasteiger partial charge in [-0.05, 0) is 67.6 Å². The number of furan rings is 1. The van der Waals surface area contributed by atoms with E-state index in [0.29, 0.717) is 17.2 Å². The van der Waals surface area contributed by atoms with E-state index in [-0.39, 0.29) is 5.91 Å². The van der Waals surface area contributed by atoms with Crippen LogP contribution < -0.4 is 14.8 Å². The van der Waals surface area contributed by atoms with Crippen LogP contribution in [0.3, 0.4) is 0 Å². The highest BCUT2D eigenvalue weighted by molar-refractivity contribution is 6.05. The van der Waals surface area contributed by atoms with E-state index in [1.807, 2.05) is 84.9 Å². The number of carbonyl (C=O) groups excluding carboxylic acids is 1. The van der Waals surface area contributed by atoms with Crippen molar-refractivity contribution in [3.8, 4) is 17.2 Å². The van der Waals surface area contributed by atoms with Crippen LogP contribution in [0.25, 0.3) is 21.9 Å². The number of fused-ring (bicyclic) bond motifs is 3. The topological polar surface area (TPSA) is 60.7 Å². The van der Waals surface area contributed by atoms with Crippen molar-refractivity contribution in [2.45, 2.75) is 13.0 Å². The van der Waals surface area contributed by atoms with E-state index < -0.39 is 6.10 Å². The third-order valence-corrected chi connectivity index (χ3v) is 5.13. The number of nitrogens with one attached hydrogen (secondary N) is 1. The average Bonchev–Trinajstić information content (AvgIpc) is 3.19. The Labute approximate surface area is 185 Å². The Kier molecular flexibility index (Phi) is 5.22. The first-order valence-corrected chi connectivity index (χ1v) is 10.4. The van der Waals surface area contributed by atoms with Crippen LogP contribution in [0.1, 0.15) is 6.92 Å². The van der Waals surface area contributed by atoms with E-state index in [9.17, 15) is 4.79 Å². The number of carbonyl (C=O) groups is 1. The van der Waals surface area contributed by atoms with Gasteiger partial charge in [0, 0.05) is 16.5 Å². The van der Waals surface area contributed by atoms with E-state index in [2.05, 4.69) is 5.32 Å². The van der Waals surface area contributed by atoms with Crippen molar-refractivity contribution in [2.24, 2.45) is 0 Å². The van der Waals surface area contributed by atoms with Gasteiger partial charge in [-0.1, -0.05) is 36.4 Å². The third kappa shape index (κ3) is 4.14. The van der Waals surface area contributed by atoms with E-state index in [4.69, 9.17) is 13.9 Å². The monoisotopic (exact) mass is 423 g/mol. The fraction of sp³-hybridized carbons (Fsp3) is 0.0741. The van der Waals surface area contributed by atoms with Crippen molar-refractivity contribution in [2.75, 3.05) is 5.32 Å². The summed E-state index contributed by atoms with van der Waals surface area (Å²) in [4.78, 5) is 12.6. The van der Waals surface area contributed by atoms with Gasteiger partial charge in [0.15, 0.2) is 6.10 Å². The van der Waals surface area contributed by atoms with E-state index in [1.54, 1.807) is 19.1 Å². The maximum atomic E-state index is 12.6. The van der Waals surface area contributed by atoms with Crippen LogP contribution >= 0.6 is 0 Å². The average molecular weight is 423 g/mol. The van der Waals surface area contributed by atoms with Crippen LogP contribution in [0.5, 0.6) is 17.2 Å². The number of amides is 1. The summed E-state index contributed by atoms with van der Waals surface area (Å²) in [5.41, 5.74) is 2.28. The molecule has 1 heterocycles. The van der Waals surface area contributed by atoms with Crippen molar-refractivity contribution in [3.05, 3.63) is 97.1 Å². The molecular formula is C27H21NO4. The van der Waals surface area contributed by atoms with Gasteiger partial charge in [-0.25, -0.2) is 0 Å². The molecule has 0 saturated carbocycles. The first-order chi connectivity index (χ1) is 15.7. The summed E-state index contributed by atoms with van der Waals surface area (Å²) in [5, 5.41) is 4.85. The Morgan fingerprint density at radius 1 is 0.750 bits per heavy atom. The molecule has 5 nitrogen and oxygen atoms in total. The predicted octanol–water partition coefficient (Wildman–Crippen LogP) is 6.78. The minimum atomic E-state index is -0.675. The molecule has 0 aliphatic carbocycles. The van der Waals surface area contributed by atoms with Crippen molar-refractivity contribution in [3.63, 3.8) is 0 Å². The molecule has 0 fully saturated rings. The van der Waals surface area contributed by atoms with Gasteiger partial charge in [0.2, 0.25) is 0 Å². The van der Waals surface area contributed by atoms with Gasteiger partial charge >= 0.3 is 0 Å². The number of benzene rings is 4. The third-order valence-electron chi connectivity index (χ3n) is 5.13. The maximum Gasteiger partial charge on any atom is 0.265 e. The molecule has 5 heteroatoms. The Hall–Kier alpha value is -4.25. The summed E-state index contributed by atoms with van der Waals surface area (Å²) >= 11 is 0. The fourth-order valence-corrected chi connectivity index (χ4v) is 3.51. The van der Waals surface area contributed by atoms with Crippen LogP contribution in [-0.2, 0) is 4.79 Å². The van der Waals surface area contributed by atoms with Crippen LogP contribution in [0.2, 0.25) is 0 Å². The SMILES string of the molecule is CC(Oc1ccc2oc3ccccc3c2c1)C(=O)Nc1ccc(Oc2ccccc2)cc1. The van der Waals surface area contributed by atoms with Crippen LogP contribution in [0.15, 0.2) is 101 Å². The summed E-state index contributed by atoms with van der Waals surface area (Å²) in [7, 11) is 0. The lowest BCUT2D eigenvalue weighted by atomic mass is 10.1. The lowest BCUT2D eigenvalue weighted by Crippen LogP contribution is -2.30. The first-order valence-electron chi connectivity index (χ1n) is 10.4. The second-order valence-corrected chi connectivity index (χ2v) is 7.45. The van der Waals surface area contributed by atoms with E-state index in [0.717, 1.165) is 27.7 Å². The van der Waals surface area contributed by atoms with Crippen LogP contribution in [0, 0.1) is 0 Å². The minimum Gasteiger partial charge on any atom is -0.481 e. The normalized spacial score (nSPS) is 11.9. The van der Waals surface area contributed by atoms with Gasteiger partial charge in [-0.15, -0.1) is 0 Å². The molecule has 158 valence electrons. The molecule has 0 aliphatic heterocycles. The summed E-state index contributed by atoms with van der Waals surface area (Å²) in [6.45, 7) is 1.72. The Morgan fingerprint density at radius 3 is 2.22 bits per heavy atom. The summed E-state index contributed by atoms with van der Waals surface area (Å²) in [6, 6.07) is 30.2. The van der Waals surface area contributed by atoms with Gasteiger partial charge in [-0.2, -0.15) is 0 Å². The molecule has 5 rings (SSSR count). The molecule has 4 aromatic carbocycles. The van der Waals surface area contributed by atoms with E-state index >= 15 is 0 Å². The molecule has 0 spiro atoms. The Bertz CT molecular complexity index is 1370. The highest BCUT2D eigenvalue weighted by Crippen LogP contribution is 2.31. The fourth-order valence-electron chi connectivity index (χ4n) is 3.51.